The van der Waals surface area contributed by atoms with Crippen molar-refractivity contribution in [2.75, 3.05) is 58.9 Å². The summed E-state index contributed by atoms with van der Waals surface area (Å²) < 4.78 is 10.5. The summed E-state index contributed by atoms with van der Waals surface area (Å²) in [6.07, 6.45) is 0. The molecule has 7 heteroatoms. The van der Waals surface area contributed by atoms with Gasteiger partial charge in [0, 0.05) is 23.9 Å². The zero-order chi connectivity index (χ0) is 15.9. The summed E-state index contributed by atoms with van der Waals surface area (Å²) >= 11 is 5.49. The number of thiocarbonyl (C=S) groups is 1. The van der Waals surface area contributed by atoms with E-state index >= 15 is 0 Å². The van der Waals surface area contributed by atoms with Crippen LogP contribution in [0.3, 0.4) is 0 Å². The van der Waals surface area contributed by atoms with Gasteiger partial charge < -0.3 is 29.7 Å². The number of methoxy groups -OCH3 is 2. The molecule has 0 atom stereocenters. The monoisotopic (exact) mass is 326 g/mol. The van der Waals surface area contributed by atoms with Crippen molar-refractivity contribution in [3.8, 4) is 11.5 Å². The van der Waals surface area contributed by atoms with Crippen LogP contribution in [0.5, 0.6) is 11.5 Å². The summed E-state index contributed by atoms with van der Waals surface area (Å²) in [7, 11) is 3.25. The minimum absolute atomic E-state index is 0.238. The largest absolute Gasteiger partial charge is 0.497 e. The molecule has 0 unspecified atom stereocenters. The van der Waals surface area contributed by atoms with E-state index in [1.807, 2.05) is 18.2 Å². The summed E-state index contributed by atoms with van der Waals surface area (Å²) in [5.41, 5.74) is 0.853. The third-order valence-electron chi connectivity index (χ3n) is 3.83. The minimum Gasteiger partial charge on any atom is -0.497 e. The van der Waals surface area contributed by atoms with Crippen LogP contribution >= 0.6 is 12.2 Å². The van der Waals surface area contributed by atoms with Crippen LogP contribution in [0, 0.1) is 0 Å². The Labute approximate surface area is 136 Å². The first-order valence-corrected chi connectivity index (χ1v) is 7.80. The van der Waals surface area contributed by atoms with E-state index in [4.69, 9.17) is 26.8 Å². The highest BCUT2D eigenvalue weighted by atomic mass is 32.1. The van der Waals surface area contributed by atoms with Crippen molar-refractivity contribution in [2.45, 2.75) is 0 Å². The molecule has 122 valence electrons. The molecule has 0 radical (unpaired) electrons. The van der Waals surface area contributed by atoms with Crippen molar-refractivity contribution in [2.24, 2.45) is 0 Å². The third-order valence-corrected chi connectivity index (χ3v) is 4.19. The molecule has 0 aliphatic carbocycles. The Morgan fingerprint density at radius 1 is 1.23 bits per heavy atom. The lowest BCUT2D eigenvalue weighted by atomic mass is 10.2. The van der Waals surface area contributed by atoms with Crippen LogP contribution in [-0.2, 0) is 0 Å². The van der Waals surface area contributed by atoms with E-state index in [1.165, 1.54) is 4.90 Å². The number of piperazine rings is 1. The fourth-order valence-electron chi connectivity index (χ4n) is 2.52. The Bertz CT molecular complexity index is 483. The first-order valence-electron chi connectivity index (χ1n) is 7.39. The van der Waals surface area contributed by atoms with Gasteiger partial charge in [-0.1, -0.05) is 0 Å². The average molecular weight is 326 g/mol. The smallest absolute Gasteiger partial charge is 0.173 e. The van der Waals surface area contributed by atoms with E-state index < -0.39 is 0 Å². The molecule has 2 rings (SSSR count). The Morgan fingerprint density at radius 2 is 1.82 bits per heavy atom. The fourth-order valence-corrected chi connectivity index (χ4v) is 2.82. The molecule has 1 saturated heterocycles. The number of aliphatic hydroxyl groups is 1. The Kier molecular flexibility index (Phi) is 6.23. The van der Waals surface area contributed by atoms with Crippen molar-refractivity contribution in [1.29, 1.82) is 0 Å². The Balaban J connectivity index is 1.95. The van der Waals surface area contributed by atoms with Gasteiger partial charge in [-0.2, -0.15) is 0 Å². The van der Waals surface area contributed by atoms with Gasteiger partial charge in [-0.25, -0.2) is 0 Å². The normalized spacial score (nSPS) is 15.5. The quantitative estimate of drug-likeness (QED) is 0.640. The van der Waals surface area contributed by atoms with Gasteiger partial charge in [0.1, 0.15) is 18.0 Å². The highest BCUT2D eigenvalue weighted by Crippen LogP contribution is 2.25. The second-order valence-corrected chi connectivity index (χ2v) is 5.63. The lowest BCUT2D eigenvalue weighted by Gasteiger charge is -2.33. The van der Waals surface area contributed by atoms with Crippen LogP contribution < -0.4 is 19.7 Å². The number of anilines is 1. The maximum Gasteiger partial charge on any atom is 0.173 e. The van der Waals surface area contributed by atoms with Crippen molar-refractivity contribution >= 4 is 23.0 Å². The zero-order valence-electron chi connectivity index (χ0n) is 13.1. The van der Waals surface area contributed by atoms with Crippen LogP contribution in [0.2, 0.25) is 0 Å². The fraction of sp³-hybridized carbons (Fsp3) is 0.533. The lowest BCUT2D eigenvalue weighted by Crippen LogP contribution is -3.15. The molecule has 1 aromatic carbocycles. The van der Waals surface area contributed by atoms with Gasteiger partial charge in [0.15, 0.2) is 5.11 Å². The van der Waals surface area contributed by atoms with Gasteiger partial charge in [-0.05, 0) is 12.2 Å². The van der Waals surface area contributed by atoms with Gasteiger partial charge >= 0.3 is 0 Å². The van der Waals surface area contributed by atoms with Crippen molar-refractivity contribution < 1.29 is 19.5 Å². The number of nitrogens with one attached hydrogen (secondary N) is 2. The van der Waals surface area contributed by atoms with Crippen molar-refractivity contribution in [3.63, 3.8) is 0 Å². The summed E-state index contributed by atoms with van der Waals surface area (Å²) in [6.45, 7) is 4.81. The molecule has 22 heavy (non-hydrogen) atoms. The molecule has 0 bridgehead atoms. The van der Waals surface area contributed by atoms with Gasteiger partial charge in [0.2, 0.25) is 0 Å². The van der Waals surface area contributed by atoms with E-state index in [9.17, 15) is 0 Å². The number of hydrogen-bond donors (Lipinski definition) is 3. The van der Waals surface area contributed by atoms with Gasteiger partial charge in [0.25, 0.3) is 0 Å². The molecule has 6 nitrogen and oxygen atoms in total. The highest BCUT2D eigenvalue weighted by Gasteiger charge is 2.21. The van der Waals surface area contributed by atoms with E-state index in [1.54, 1.807) is 14.2 Å². The number of quaternary nitrogens is 1. The number of hydrogen-bond acceptors (Lipinski definition) is 4. The highest BCUT2D eigenvalue weighted by molar-refractivity contribution is 7.80. The summed E-state index contributed by atoms with van der Waals surface area (Å²) in [4.78, 5) is 3.58. The number of rotatable bonds is 5. The summed E-state index contributed by atoms with van der Waals surface area (Å²) in [6, 6.07) is 5.61. The molecular weight excluding hydrogens is 302 g/mol. The van der Waals surface area contributed by atoms with Crippen LogP contribution in [0.4, 0.5) is 5.69 Å². The van der Waals surface area contributed by atoms with Crippen LogP contribution in [-0.4, -0.2) is 68.7 Å². The lowest BCUT2D eigenvalue weighted by molar-refractivity contribution is -0.904. The molecular formula is C15H24N3O3S+. The molecule has 1 aliphatic rings. The van der Waals surface area contributed by atoms with Crippen LogP contribution in [0.25, 0.3) is 0 Å². The molecule has 1 aliphatic heterocycles. The van der Waals surface area contributed by atoms with Gasteiger partial charge in [-0.3, -0.25) is 0 Å². The number of nitrogens with zero attached hydrogens (tertiary/aromatic N) is 1. The molecule has 0 aromatic heterocycles. The van der Waals surface area contributed by atoms with E-state index in [0.29, 0.717) is 5.11 Å². The average Bonchev–Trinajstić information content (AvgIpc) is 2.55. The summed E-state index contributed by atoms with van der Waals surface area (Å²) in [5, 5.41) is 12.9. The maximum absolute atomic E-state index is 8.99. The topological polar surface area (TPSA) is 58.4 Å². The standard InChI is InChI=1S/C15H23N3O3S/c1-20-13-9-12(10-14(11-13)21-2)16-15(22)18-5-3-17(4-6-18)7-8-19/h9-11,19H,3-8H2,1-2H3,(H,16,22)/p+1. The molecule has 1 heterocycles. The van der Waals surface area contributed by atoms with Crippen molar-refractivity contribution in [3.05, 3.63) is 18.2 Å². The predicted octanol–water partition coefficient (Wildman–Crippen LogP) is -0.407. The van der Waals surface area contributed by atoms with Gasteiger partial charge in [0.05, 0.1) is 47.0 Å². The second-order valence-electron chi connectivity index (χ2n) is 5.24. The predicted molar refractivity (Wildman–Crippen MR) is 90.0 cm³/mol. The van der Waals surface area contributed by atoms with Gasteiger partial charge in [-0.15, -0.1) is 0 Å². The Morgan fingerprint density at radius 3 is 2.32 bits per heavy atom. The number of aliphatic hydroxyl groups excluding tert-OH is 1. The molecule has 1 fully saturated rings. The molecule has 1 aromatic rings. The first-order chi connectivity index (χ1) is 10.7. The number of ether oxygens (including phenoxy) is 2. The number of benzene rings is 1. The maximum atomic E-state index is 8.99. The molecule has 0 spiro atoms. The SMILES string of the molecule is COc1cc(NC(=S)N2CC[NH+](CCO)CC2)cc(OC)c1. The van der Waals surface area contributed by atoms with Crippen molar-refractivity contribution in [1.82, 2.24) is 4.90 Å². The van der Waals surface area contributed by atoms with Crippen LogP contribution in [0.1, 0.15) is 0 Å². The minimum atomic E-state index is 0.238. The molecule has 0 saturated carbocycles. The first kappa shape index (κ1) is 16.8. The molecule has 3 N–H and O–H groups in total. The molecule has 0 amide bonds. The summed E-state index contributed by atoms with van der Waals surface area (Å²) in [5.74, 6) is 1.45. The Hall–Kier alpha value is -1.57. The van der Waals surface area contributed by atoms with E-state index in [-0.39, 0.29) is 6.61 Å². The van der Waals surface area contributed by atoms with E-state index in [2.05, 4.69) is 10.2 Å². The zero-order valence-corrected chi connectivity index (χ0v) is 13.9. The second kappa shape index (κ2) is 8.17. The third kappa shape index (κ3) is 4.46. The van der Waals surface area contributed by atoms with E-state index in [0.717, 1.165) is 49.9 Å². The van der Waals surface area contributed by atoms with Crippen LogP contribution in [0.15, 0.2) is 18.2 Å².